The van der Waals surface area contributed by atoms with Gasteiger partial charge in [0.05, 0.1) is 13.2 Å². The molecule has 1 saturated heterocycles. The molecular weight excluding hydrogens is 362 g/mol. The Morgan fingerprint density at radius 3 is 2.21 bits per heavy atom. The van der Waals surface area contributed by atoms with E-state index in [9.17, 15) is 0 Å². The standard InChI is InChI=1S/C23H27N5O/c1-3-7-19(8-4-1)18-25-22-17-21(24-11-12-28-13-15-29-16-14-28)26-23(27-22)20-9-5-2-6-10-20/h1-10,17H,11-16,18H2,(H2,24,25,26,27). The molecular formula is C23H27N5O. The van der Waals surface area contributed by atoms with Crippen LogP contribution in [0.5, 0.6) is 0 Å². The van der Waals surface area contributed by atoms with Gasteiger partial charge in [-0.15, -0.1) is 0 Å². The van der Waals surface area contributed by atoms with Gasteiger partial charge in [-0.3, -0.25) is 4.90 Å². The van der Waals surface area contributed by atoms with E-state index >= 15 is 0 Å². The molecule has 0 bridgehead atoms. The Morgan fingerprint density at radius 1 is 0.828 bits per heavy atom. The van der Waals surface area contributed by atoms with Crippen molar-refractivity contribution in [2.45, 2.75) is 6.54 Å². The molecule has 2 N–H and O–H groups in total. The first-order valence-electron chi connectivity index (χ1n) is 10.1. The van der Waals surface area contributed by atoms with Crippen LogP contribution in [0, 0.1) is 0 Å². The van der Waals surface area contributed by atoms with E-state index in [2.05, 4.69) is 27.7 Å². The smallest absolute Gasteiger partial charge is 0.163 e. The Labute approximate surface area is 172 Å². The van der Waals surface area contributed by atoms with Crippen LogP contribution in [0.25, 0.3) is 11.4 Å². The van der Waals surface area contributed by atoms with Gasteiger partial charge < -0.3 is 15.4 Å². The van der Waals surface area contributed by atoms with Gasteiger partial charge in [-0.2, -0.15) is 0 Å². The lowest BCUT2D eigenvalue weighted by Gasteiger charge is -2.26. The average molecular weight is 390 g/mol. The summed E-state index contributed by atoms with van der Waals surface area (Å²) in [6.07, 6.45) is 0. The van der Waals surface area contributed by atoms with Gasteiger partial charge in [0.1, 0.15) is 11.6 Å². The summed E-state index contributed by atoms with van der Waals surface area (Å²) in [5, 5.41) is 6.90. The predicted octanol–water partition coefficient (Wildman–Crippen LogP) is 3.50. The van der Waals surface area contributed by atoms with Gasteiger partial charge >= 0.3 is 0 Å². The number of hydrogen-bond acceptors (Lipinski definition) is 6. The van der Waals surface area contributed by atoms with Gasteiger partial charge in [-0.05, 0) is 5.56 Å². The SMILES string of the molecule is c1ccc(CNc2cc(NCCN3CCOCC3)nc(-c3ccccc3)n2)cc1. The minimum absolute atomic E-state index is 0.720. The molecule has 2 heterocycles. The van der Waals surface area contributed by atoms with Gasteiger partial charge in [0.15, 0.2) is 5.82 Å². The molecule has 0 amide bonds. The summed E-state index contributed by atoms with van der Waals surface area (Å²) in [5.41, 5.74) is 2.22. The number of morpholine rings is 1. The lowest BCUT2D eigenvalue weighted by molar-refractivity contribution is 0.0398. The van der Waals surface area contributed by atoms with Crippen molar-refractivity contribution in [1.29, 1.82) is 0 Å². The second kappa shape index (κ2) is 10.0. The molecule has 1 fully saturated rings. The van der Waals surface area contributed by atoms with Crippen molar-refractivity contribution in [1.82, 2.24) is 14.9 Å². The number of rotatable bonds is 8. The third-order valence-electron chi connectivity index (χ3n) is 4.91. The van der Waals surface area contributed by atoms with Gasteiger partial charge in [0.25, 0.3) is 0 Å². The molecule has 150 valence electrons. The molecule has 6 nitrogen and oxygen atoms in total. The second-order valence-electron chi connectivity index (χ2n) is 7.05. The van der Waals surface area contributed by atoms with E-state index in [-0.39, 0.29) is 0 Å². The molecule has 2 aromatic carbocycles. The van der Waals surface area contributed by atoms with Crippen LogP contribution in [0.15, 0.2) is 66.7 Å². The van der Waals surface area contributed by atoms with E-state index in [0.717, 1.165) is 69.0 Å². The number of nitrogens with zero attached hydrogens (tertiary/aromatic N) is 3. The van der Waals surface area contributed by atoms with Gasteiger partial charge in [0.2, 0.25) is 0 Å². The van der Waals surface area contributed by atoms with E-state index in [4.69, 9.17) is 14.7 Å². The number of nitrogens with one attached hydrogen (secondary N) is 2. The molecule has 0 unspecified atom stereocenters. The monoisotopic (exact) mass is 389 g/mol. The van der Waals surface area contributed by atoms with Crippen LogP contribution in [-0.2, 0) is 11.3 Å². The Kier molecular flexibility index (Phi) is 6.68. The third-order valence-corrected chi connectivity index (χ3v) is 4.91. The van der Waals surface area contributed by atoms with E-state index in [1.807, 2.05) is 54.6 Å². The summed E-state index contributed by atoms with van der Waals surface area (Å²) in [6.45, 7) is 6.15. The fraction of sp³-hybridized carbons (Fsp3) is 0.304. The fourth-order valence-corrected chi connectivity index (χ4v) is 3.30. The summed E-state index contributed by atoms with van der Waals surface area (Å²) in [5.74, 6) is 2.37. The fourth-order valence-electron chi connectivity index (χ4n) is 3.30. The van der Waals surface area contributed by atoms with Crippen LogP contribution in [0.2, 0.25) is 0 Å². The first-order valence-corrected chi connectivity index (χ1v) is 10.1. The highest BCUT2D eigenvalue weighted by atomic mass is 16.5. The van der Waals surface area contributed by atoms with Crippen LogP contribution >= 0.6 is 0 Å². The molecule has 0 saturated carbocycles. The van der Waals surface area contributed by atoms with Crippen molar-refractivity contribution in [3.8, 4) is 11.4 Å². The quantitative estimate of drug-likeness (QED) is 0.615. The molecule has 4 rings (SSSR count). The first kappa shape index (κ1) is 19.4. The summed E-state index contributed by atoms with van der Waals surface area (Å²) < 4.78 is 5.42. The van der Waals surface area contributed by atoms with Crippen molar-refractivity contribution in [3.05, 3.63) is 72.3 Å². The summed E-state index contributed by atoms with van der Waals surface area (Å²) in [6, 6.07) is 22.4. The highest BCUT2D eigenvalue weighted by molar-refractivity contribution is 5.61. The minimum atomic E-state index is 0.720. The molecule has 3 aromatic rings. The Hall–Kier alpha value is -2.96. The summed E-state index contributed by atoms with van der Waals surface area (Å²) >= 11 is 0. The van der Waals surface area contributed by atoms with Crippen molar-refractivity contribution >= 4 is 11.6 Å². The van der Waals surface area contributed by atoms with Crippen molar-refractivity contribution in [2.75, 3.05) is 50.0 Å². The maximum absolute atomic E-state index is 5.42. The number of aromatic nitrogens is 2. The van der Waals surface area contributed by atoms with Crippen molar-refractivity contribution < 1.29 is 4.74 Å². The summed E-state index contributed by atoms with van der Waals surface area (Å²) in [4.78, 5) is 11.9. The molecule has 1 aromatic heterocycles. The zero-order valence-corrected chi connectivity index (χ0v) is 16.6. The van der Waals surface area contributed by atoms with E-state index in [1.54, 1.807) is 0 Å². The minimum Gasteiger partial charge on any atom is -0.379 e. The molecule has 1 aliphatic rings. The van der Waals surface area contributed by atoms with Gasteiger partial charge in [-0.25, -0.2) is 9.97 Å². The maximum Gasteiger partial charge on any atom is 0.163 e. The maximum atomic E-state index is 5.42. The zero-order valence-electron chi connectivity index (χ0n) is 16.6. The lowest BCUT2D eigenvalue weighted by atomic mass is 10.2. The molecule has 0 radical (unpaired) electrons. The number of benzene rings is 2. The summed E-state index contributed by atoms with van der Waals surface area (Å²) in [7, 11) is 0. The largest absolute Gasteiger partial charge is 0.379 e. The van der Waals surface area contributed by atoms with Crippen LogP contribution in [0.1, 0.15) is 5.56 Å². The van der Waals surface area contributed by atoms with E-state index < -0.39 is 0 Å². The van der Waals surface area contributed by atoms with Gasteiger partial charge in [-0.1, -0.05) is 60.7 Å². The molecule has 0 atom stereocenters. The number of anilines is 2. The number of ether oxygens (including phenoxy) is 1. The highest BCUT2D eigenvalue weighted by Crippen LogP contribution is 2.20. The topological polar surface area (TPSA) is 62.3 Å². The zero-order chi connectivity index (χ0) is 19.7. The van der Waals surface area contributed by atoms with E-state index in [0.29, 0.717) is 0 Å². The third kappa shape index (κ3) is 5.76. The molecule has 29 heavy (non-hydrogen) atoms. The highest BCUT2D eigenvalue weighted by Gasteiger charge is 2.11. The van der Waals surface area contributed by atoms with Crippen molar-refractivity contribution in [3.63, 3.8) is 0 Å². The van der Waals surface area contributed by atoms with Crippen LogP contribution in [0.3, 0.4) is 0 Å². The molecule has 1 aliphatic heterocycles. The first-order chi connectivity index (χ1) is 14.4. The molecule has 6 heteroatoms. The van der Waals surface area contributed by atoms with Crippen molar-refractivity contribution in [2.24, 2.45) is 0 Å². The Morgan fingerprint density at radius 2 is 1.48 bits per heavy atom. The normalized spacial score (nSPS) is 14.5. The van der Waals surface area contributed by atoms with Crippen LogP contribution in [-0.4, -0.2) is 54.3 Å². The van der Waals surface area contributed by atoms with Gasteiger partial charge in [0, 0.05) is 44.4 Å². The van der Waals surface area contributed by atoms with E-state index in [1.165, 1.54) is 5.56 Å². The van der Waals surface area contributed by atoms with Crippen LogP contribution < -0.4 is 10.6 Å². The second-order valence-corrected chi connectivity index (χ2v) is 7.05. The Bertz CT molecular complexity index is 882. The Balaban J connectivity index is 1.46. The predicted molar refractivity (Wildman–Crippen MR) is 117 cm³/mol. The molecule has 0 spiro atoms. The average Bonchev–Trinajstić information content (AvgIpc) is 2.80. The lowest BCUT2D eigenvalue weighted by Crippen LogP contribution is -2.39. The van der Waals surface area contributed by atoms with Crippen LogP contribution in [0.4, 0.5) is 11.6 Å². The number of hydrogen-bond donors (Lipinski definition) is 2. The molecule has 0 aliphatic carbocycles.